The van der Waals surface area contributed by atoms with Crippen LogP contribution in [-0.4, -0.2) is 18.7 Å². The smallest absolute Gasteiger partial charge is 0.0783 e. The third-order valence-corrected chi connectivity index (χ3v) is 4.01. The lowest BCUT2D eigenvalue weighted by Crippen LogP contribution is -2.45. The number of rotatable bonds is 3. The molecule has 0 amide bonds. The van der Waals surface area contributed by atoms with E-state index in [-0.39, 0.29) is 5.60 Å². The lowest BCUT2D eigenvalue weighted by Gasteiger charge is -2.34. The molecule has 2 aromatic carbocycles. The Balaban J connectivity index is 1.78. The van der Waals surface area contributed by atoms with Crippen LogP contribution in [0, 0.1) is 0 Å². The third kappa shape index (κ3) is 2.80. The first-order chi connectivity index (χ1) is 9.27. The second-order valence-electron chi connectivity index (χ2n) is 5.66. The van der Waals surface area contributed by atoms with E-state index in [0.29, 0.717) is 6.61 Å². The van der Waals surface area contributed by atoms with Crippen molar-refractivity contribution in [1.29, 1.82) is 0 Å². The molecule has 3 rings (SSSR count). The number of benzene rings is 2. The maximum absolute atomic E-state index is 6.20. The molecule has 1 heterocycles. The van der Waals surface area contributed by atoms with Gasteiger partial charge in [0.1, 0.15) is 0 Å². The average Bonchev–Trinajstić information content (AvgIpc) is 2.46. The van der Waals surface area contributed by atoms with E-state index in [1.807, 2.05) is 0 Å². The first kappa shape index (κ1) is 12.6. The van der Waals surface area contributed by atoms with Gasteiger partial charge in [-0.1, -0.05) is 42.5 Å². The Hall–Kier alpha value is -1.38. The molecule has 0 aliphatic carbocycles. The van der Waals surface area contributed by atoms with Crippen LogP contribution in [0.1, 0.15) is 25.3 Å². The molecule has 0 bridgehead atoms. The van der Waals surface area contributed by atoms with Crippen molar-refractivity contribution in [3.05, 3.63) is 48.0 Å². The highest BCUT2D eigenvalue weighted by Crippen LogP contribution is 2.24. The van der Waals surface area contributed by atoms with Gasteiger partial charge in [-0.2, -0.15) is 0 Å². The Labute approximate surface area is 114 Å². The average molecular weight is 255 g/mol. The largest absolute Gasteiger partial charge is 0.369 e. The van der Waals surface area contributed by atoms with Crippen LogP contribution in [0.3, 0.4) is 0 Å². The van der Waals surface area contributed by atoms with Gasteiger partial charge in [0.05, 0.1) is 12.2 Å². The van der Waals surface area contributed by atoms with Crippen molar-refractivity contribution in [3.8, 4) is 0 Å². The molecular weight excluding hydrogens is 234 g/mol. The molecule has 0 radical (unpaired) electrons. The second kappa shape index (κ2) is 5.32. The number of piperidine rings is 1. The molecule has 1 atom stereocenters. The maximum atomic E-state index is 6.20. The number of hydrogen-bond donors (Lipinski definition) is 1. The Bertz CT molecular complexity index is 553. The van der Waals surface area contributed by atoms with E-state index in [9.17, 15) is 0 Å². The quantitative estimate of drug-likeness (QED) is 0.906. The third-order valence-electron chi connectivity index (χ3n) is 4.01. The Morgan fingerprint density at radius 3 is 2.84 bits per heavy atom. The normalized spacial score (nSPS) is 23.6. The summed E-state index contributed by atoms with van der Waals surface area (Å²) in [6.45, 7) is 4.98. The van der Waals surface area contributed by atoms with Crippen molar-refractivity contribution in [2.45, 2.75) is 32.0 Å². The fourth-order valence-corrected chi connectivity index (χ4v) is 2.82. The molecule has 1 aliphatic heterocycles. The molecule has 2 heteroatoms. The summed E-state index contributed by atoms with van der Waals surface area (Å²) in [7, 11) is 0. The number of ether oxygens (including phenoxy) is 1. The van der Waals surface area contributed by atoms with E-state index >= 15 is 0 Å². The standard InChI is InChI=1S/C17H21NO/c1-17(10-5-11-18-13-17)19-12-15-8-4-7-14-6-2-3-9-16(14)15/h2-4,6-9,18H,5,10-13H2,1H3. The summed E-state index contributed by atoms with van der Waals surface area (Å²) in [4.78, 5) is 0. The summed E-state index contributed by atoms with van der Waals surface area (Å²) >= 11 is 0. The molecule has 2 nitrogen and oxygen atoms in total. The van der Waals surface area contributed by atoms with Crippen molar-refractivity contribution in [1.82, 2.24) is 5.32 Å². The van der Waals surface area contributed by atoms with Gasteiger partial charge < -0.3 is 10.1 Å². The molecule has 19 heavy (non-hydrogen) atoms. The minimum atomic E-state index is -0.0187. The van der Waals surface area contributed by atoms with Gasteiger partial charge in [-0.05, 0) is 42.6 Å². The monoisotopic (exact) mass is 255 g/mol. The van der Waals surface area contributed by atoms with E-state index in [1.54, 1.807) is 0 Å². The first-order valence-corrected chi connectivity index (χ1v) is 7.08. The lowest BCUT2D eigenvalue weighted by atomic mass is 9.96. The highest BCUT2D eigenvalue weighted by atomic mass is 16.5. The van der Waals surface area contributed by atoms with Gasteiger partial charge in [-0.25, -0.2) is 0 Å². The number of hydrogen-bond acceptors (Lipinski definition) is 2. The van der Waals surface area contributed by atoms with Crippen molar-refractivity contribution in [3.63, 3.8) is 0 Å². The SMILES string of the molecule is CC1(OCc2cccc3ccccc23)CCCNC1. The molecule has 100 valence electrons. The molecular formula is C17H21NO. The molecule has 1 unspecified atom stereocenters. The van der Waals surface area contributed by atoms with Crippen molar-refractivity contribution in [2.75, 3.05) is 13.1 Å². The van der Waals surface area contributed by atoms with Crippen molar-refractivity contribution < 1.29 is 4.74 Å². The Kier molecular flexibility index (Phi) is 3.54. The van der Waals surface area contributed by atoms with Gasteiger partial charge in [0.25, 0.3) is 0 Å². The minimum Gasteiger partial charge on any atom is -0.369 e. The van der Waals surface area contributed by atoms with Crippen LogP contribution in [0.5, 0.6) is 0 Å². The van der Waals surface area contributed by atoms with Gasteiger partial charge in [0, 0.05) is 6.54 Å². The van der Waals surface area contributed by atoms with Crippen LogP contribution in [0.4, 0.5) is 0 Å². The zero-order valence-corrected chi connectivity index (χ0v) is 11.5. The molecule has 0 aromatic heterocycles. The highest BCUT2D eigenvalue weighted by Gasteiger charge is 2.27. The fourth-order valence-electron chi connectivity index (χ4n) is 2.82. The van der Waals surface area contributed by atoms with Crippen LogP contribution < -0.4 is 5.32 Å². The van der Waals surface area contributed by atoms with Gasteiger partial charge in [0.15, 0.2) is 0 Å². The molecule has 1 saturated heterocycles. The highest BCUT2D eigenvalue weighted by molar-refractivity contribution is 5.85. The number of nitrogens with one attached hydrogen (secondary N) is 1. The summed E-state index contributed by atoms with van der Waals surface area (Å²) in [5.74, 6) is 0. The topological polar surface area (TPSA) is 21.3 Å². The second-order valence-corrected chi connectivity index (χ2v) is 5.66. The zero-order chi connectivity index (χ0) is 13.1. The summed E-state index contributed by atoms with van der Waals surface area (Å²) in [6, 6.07) is 14.9. The summed E-state index contributed by atoms with van der Waals surface area (Å²) < 4.78 is 6.20. The maximum Gasteiger partial charge on any atom is 0.0783 e. The number of fused-ring (bicyclic) bond motifs is 1. The molecule has 1 N–H and O–H groups in total. The van der Waals surface area contributed by atoms with E-state index in [2.05, 4.69) is 54.7 Å². The zero-order valence-electron chi connectivity index (χ0n) is 11.5. The first-order valence-electron chi connectivity index (χ1n) is 7.08. The summed E-state index contributed by atoms with van der Waals surface area (Å²) in [6.07, 6.45) is 2.34. The van der Waals surface area contributed by atoms with Crippen molar-refractivity contribution in [2.24, 2.45) is 0 Å². The van der Waals surface area contributed by atoms with Crippen LogP contribution in [0.25, 0.3) is 10.8 Å². The van der Waals surface area contributed by atoms with Crippen molar-refractivity contribution >= 4 is 10.8 Å². The van der Waals surface area contributed by atoms with Crippen LogP contribution in [0.15, 0.2) is 42.5 Å². The van der Waals surface area contributed by atoms with E-state index in [0.717, 1.165) is 19.5 Å². The molecule has 0 saturated carbocycles. The summed E-state index contributed by atoms with van der Waals surface area (Å²) in [5.41, 5.74) is 1.26. The predicted molar refractivity (Wildman–Crippen MR) is 79.2 cm³/mol. The Morgan fingerprint density at radius 1 is 1.16 bits per heavy atom. The predicted octanol–water partition coefficient (Wildman–Crippen LogP) is 3.50. The minimum absolute atomic E-state index is 0.0187. The van der Waals surface area contributed by atoms with E-state index in [4.69, 9.17) is 4.74 Å². The van der Waals surface area contributed by atoms with Crippen LogP contribution in [0.2, 0.25) is 0 Å². The van der Waals surface area contributed by atoms with Crippen LogP contribution >= 0.6 is 0 Å². The molecule has 1 aliphatic rings. The van der Waals surface area contributed by atoms with E-state index < -0.39 is 0 Å². The molecule has 2 aromatic rings. The van der Waals surface area contributed by atoms with Gasteiger partial charge in [-0.3, -0.25) is 0 Å². The van der Waals surface area contributed by atoms with Gasteiger partial charge in [-0.15, -0.1) is 0 Å². The fraction of sp³-hybridized carbons (Fsp3) is 0.412. The van der Waals surface area contributed by atoms with E-state index in [1.165, 1.54) is 22.8 Å². The molecule has 0 spiro atoms. The summed E-state index contributed by atoms with van der Waals surface area (Å²) in [5, 5.41) is 6.01. The van der Waals surface area contributed by atoms with Gasteiger partial charge in [0.2, 0.25) is 0 Å². The molecule has 1 fully saturated rings. The van der Waals surface area contributed by atoms with Gasteiger partial charge >= 0.3 is 0 Å². The lowest BCUT2D eigenvalue weighted by molar-refractivity contribution is -0.0567. The Morgan fingerprint density at radius 2 is 2.00 bits per heavy atom. The van der Waals surface area contributed by atoms with Crippen LogP contribution in [-0.2, 0) is 11.3 Å².